The molecule has 2 amide bonds. The summed E-state index contributed by atoms with van der Waals surface area (Å²) in [6.07, 6.45) is 4.28. The zero-order valence-electron chi connectivity index (χ0n) is 12.2. The first-order valence-corrected chi connectivity index (χ1v) is 7.33. The molecule has 1 aromatic carbocycles. The minimum atomic E-state index is -0.518. The van der Waals surface area contributed by atoms with E-state index in [1.54, 1.807) is 0 Å². The number of nitrogens with two attached hydrogens (primary N) is 1. The standard InChI is InChI=1S/C15H19N3O4/c16-14(19)12-4-2-1-3-5-13(12)17-15(20)10-6-8-11(9-7-10)18(21)22/h6-9,12-13H,1-5H2,(H2,16,19)(H,17,20)/t12-,13-/m1/s1. The zero-order chi connectivity index (χ0) is 16.1. The summed E-state index contributed by atoms with van der Waals surface area (Å²) in [6.45, 7) is 0. The lowest BCUT2D eigenvalue weighted by Gasteiger charge is -2.23. The van der Waals surface area contributed by atoms with Crippen LogP contribution in [0.3, 0.4) is 0 Å². The molecule has 1 aliphatic rings. The van der Waals surface area contributed by atoms with E-state index in [0.29, 0.717) is 18.4 Å². The summed E-state index contributed by atoms with van der Waals surface area (Å²) in [5, 5.41) is 13.5. The number of nitrogens with zero attached hydrogens (tertiary/aromatic N) is 1. The van der Waals surface area contributed by atoms with Crippen LogP contribution in [0.15, 0.2) is 24.3 Å². The number of primary amides is 1. The summed E-state index contributed by atoms with van der Waals surface area (Å²) in [6, 6.07) is 5.11. The molecule has 1 fully saturated rings. The van der Waals surface area contributed by atoms with Gasteiger partial charge in [0.1, 0.15) is 0 Å². The van der Waals surface area contributed by atoms with Crippen molar-refractivity contribution in [2.45, 2.75) is 38.1 Å². The molecule has 118 valence electrons. The Kier molecular flexibility index (Phi) is 5.08. The topological polar surface area (TPSA) is 115 Å². The molecule has 0 radical (unpaired) electrons. The van der Waals surface area contributed by atoms with Crippen LogP contribution in [0.2, 0.25) is 0 Å². The Bertz CT molecular complexity index is 571. The molecule has 0 aliphatic heterocycles. The Balaban J connectivity index is 2.08. The van der Waals surface area contributed by atoms with Gasteiger partial charge in [-0.1, -0.05) is 19.3 Å². The van der Waals surface area contributed by atoms with Crippen molar-refractivity contribution in [3.05, 3.63) is 39.9 Å². The number of nitro groups is 1. The van der Waals surface area contributed by atoms with Gasteiger partial charge in [-0.25, -0.2) is 0 Å². The number of hydrogen-bond acceptors (Lipinski definition) is 4. The van der Waals surface area contributed by atoms with Crippen LogP contribution in [0.25, 0.3) is 0 Å². The van der Waals surface area contributed by atoms with Gasteiger partial charge in [0.25, 0.3) is 11.6 Å². The van der Waals surface area contributed by atoms with Crippen molar-refractivity contribution in [3.63, 3.8) is 0 Å². The second-order valence-electron chi connectivity index (χ2n) is 5.53. The van der Waals surface area contributed by atoms with Gasteiger partial charge >= 0.3 is 0 Å². The second-order valence-corrected chi connectivity index (χ2v) is 5.53. The normalized spacial score (nSPS) is 21.6. The van der Waals surface area contributed by atoms with Crippen molar-refractivity contribution >= 4 is 17.5 Å². The minimum absolute atomic E-state index is 0.0685. The molecule has 7 heteroatoms. The Morgan fingerprint density at radius 3 is 2.36 bits per heavy atom. The molecule has 2 atom stereocenters. The van der Waals surface area contributed by atoms with Crippen LogP contribution in [0.1, 0.15) is 42.5 Å². The van der Waals surface area contributed by atoms with E-state index >= 15 is 0 Å². The minimum Gasteiger partial charge on any atom is -0.369 e. The molecule has 0 saturated heterocycles. The molecular formula is C15H19N3O4. The number of nitro benzene ring substituents is 1. The molecule has 7 nitrogen and oxygen atoms in total. The third-order valence-electron chi connectivity index (χ3n) is 4.04. The number of amides is 2. The van der Waals surface area contributed by atoms with Crippen LogP contribution in [0, 0.1) is 16.0 Å². The molecule has 1 saturated carbocycles. The third-order valence-corrected chi connectivity index (χ3v) is 4.04. The summed E-state index contributed by atoms with van der Waals surface area (Å²) in [7, 11) is 0. The van der Waals surface area contributed by atoms with E-state index in [-0.39, 0.29) is 23.6 Å². The highest BCUT2D eigenvalue weighted by molar-refractivity contribution is 5.95. The maximum Gasteiger partial charge on any atom is 0.269 e. The first kappa shape index (κ1) is 15.9. The average molecular weight is 305 g/mol. The maximum absolute atomic E-state index is 12.2. The van der Waals surface area contributed by atoms with Gasteiger partial charge in [0.15, 0.2) is 0 Å². The number of benzene rings is 1. The van der Waals surface area contributed by atoms with Gasteiger partial charge in [-0.15, -0.1) is 0 Å². The lowest BCUT2D eigenvalue weighted by Crippen LogP contribution is -2.44. The lowest BCUT2D eigenvalue weighted by atomic mass is 9.94. The summed E-state index contributed by atoms with van der Waals surface area (Å²) in [5.74, 6) is -1.09. The highest BCUT2D eigenvalue weighted by atomic mass is 16.6. The monoisotopic (exact) mass is 305 g/mol. The maximum atomic E-state index is 12.2. The molecular weight excluding hydrogens is 286 g/mol. The molecule has 1 aromatic rings. The van der Waals surface area contributed by atoms with Gasteiger partial charge < -0.3 is 11.1 Å². The average Bonchev–Trinajstić information content (AvgIpc) is 2.72. The zero-order valence-corrected chi connectivity index (χ0v) is 12.2. The molecule has 22 heavy (non-hydrogen) atoms. The summed E-state index contributed by atoms with van der Waals surface area (Å²) >= 11 is 0. The van der Waals surface area contributed by atoms with E-state index in [9.17, 15) is 19.7 Å². The van der Waals surface area contributed by atoms with Gasteiger partial charge in [-0.05, 0) is 25.0 Å². The Labute approximate surface area is 128 Å². The SMILES string of the molecule is NC(=O)[C@@H]1CCCCC[C@H]1NC(=O)c1ccc([N+](=O)[O-])cc1. The Morgan fingerprint density at radius 2 is 1.77 bits per heavy atom. The van der Waals surface area contributed by atoms with Gasteiger partial charge in [0.05, 0.1) is 10.8 Å². The lowest BCUT2D eigenvalue weighted by molar-refractivity contribution is -0.384. The summed E-state index contributed by atoms with van der Waals surface area (Å²) < 4.78 is 0. The third kappa shape index (κ3) is 3.81. The molecule has 0 spiro atoms. The van der Waals surface area contributed by atoms with Crippen LogP contribution in [0.4, 0.5) is 5.69 Å². The molecule has 0 unspecified atom stereocenters. The van der Waals surface area contributed by atoms with Crippen LogP contribution < -0.4 is 11.1 Å². The van der Waals surface area contributed by atoms with Crippen molar-refractivity contribution in [1.29, 1.82) is 0 Å². The number of hydrogen-bond donors (Lipinski definition) is 2. The highest BCUT2D eigenvalue weighted by Crippen LogP contribution is 2.24. The molecule has 0 bridgehead atoms. The van der Waals surface area contributed by atoms with E-state index in [1.807, 2.05) is 0 Å². The largest absolute Gasteiger partial charge is 0.369 e. The number of rotatable bonds is 4. The quantitative estimate of drug-likeness (QED) is 0.501. The van der Waals surface area contributed by atoms with E-state index in [2.05, 4.69) is 5.32 Å². The highest BCUT2D eigenvalue weighted by Gasteiger charge is 2.29. The molecule has 0 aromatic heterocycles. The van der Waals surface area contributed by atoms with E-state index in [0.717, 1.165) is 19.3 Å². The molecule has 1 aliphatic carbocycles. The van der Waals surface area contributed by atoms with Crippen LogP contribution in [0.5, 0.6) is 0 Å². The van der Waals surface area contributed by atoms with E-state index in [4.69, 9.17) is 5.73 Å². The van der Waals surface area contributed by atoms with Crippen molar-refractivity contribution in [3.8, 4) is 0 Å². The molecule has 2 rings (SSSR count). The van der Waals surface area contributed by atoms with E-state index < -0.39 is 10.8 Å². The predicted molar refractivity (Wildman–Crippen MR) is 80.1 cm³/mol. The van der Waals surface area contributed by atoms with Crippen molar-refractivity contribution < 1.29 is 14.5 Å². The van der Waals surface area contributed by atoms with Crippen molar-refractivity contribution in [2.24, 2.45) is 11.7 Å². The van der Waals surface area contributed by atoms with Gasteiger partial charge in [-0.3, -0.25) is 19.7 Å². The molecule has 3 N–H and O–H groups in total. The fraction of sp³-hybridized carbons (Fsp3) is 0.467. The number of nitrogens with one attached hydrogen (secondary N) is 1. The summed E-state index contributed by atoms with van der Waals surface area (Å²) in [5.41, 5.74) is 5.69. The van der Waals surface area contributed by atoms with Gasteiger partial charge in [0, 0.05) is 23.7 Å². The van der Waals surface area contributed by atoms with Crippen LogP contribution >= 0.6 is 0 Å². The first-order chi connectivity index (χ1) is 10.5. The van der Waals surface area contributed by atoms with Crippen molar-refractivity contribution in [2.75, 3.05) is 0 Å². The van der Waals surface area contributed by atoms with Crippen molar-refractivity contribution in [1.82, 2.24) is 5.32 Å². The van der Waals surface area contributed by atoms with E-state index in [1.165, 1.54) is 24.3 Å². The first-order valence-electron chi connectivity index (χ1n) is 7.33. The van der Waals surface area contributed by atoms with Crippen LogP contribution in [-0.2, 0) is 4.79 Å². The molecule has 0 heterocycles. The number of carbonyl (C=O) groups is 2. The van der Waals surface area contributed by atoms with Gasteiger partial charge in [-0.2, -0.15) is 0 Å². The number of carbonyl (C=O) groups excluding carboxylic acids is 2. The second kappa shape index (κ2) is 7.02. The smallest absolute Gasteiger partial charge is 0.269 e. The summed E-state index contributed by atoms with van der Waals surface area (Å²) in [4.78, 5) is 33.9. The Hall–Kier alpha value is -2.44. The predicted octanol–water partition coefficient (Wildman–Crippen LogP) is 1.76. The fourth-order valence-corrected chi connectivity index (χ4v) is 2.81. The Morgan fingerprint density at radius 1 is 1.14 bits per heavy atom. The van der Waals surface area contributed by atoms with Gasteiger partial charge in [0.2, 0.25) is 5.91 Å². The number of non-ortho nitro benzene ring substituents is 1. The van der Waals surface area contributed by atoms with Crippen LogP contribution in [-0.4, -0.2) is 22.8 Å². The fourth-order valence-electron chi connectivity index (χ4n) is 2.81.